The lowest BCUT2D eigenvalue weighted by Gasteiger charge is -2.10. The van der Waals surface area contributed by atoms with Crippen LogP contribution < -0.4 is 5.32 Å². The molecule has 0 bridgehead atoms. The standard InChI is InChI=1S/C14H20N6S/c1-9(2)7-20-8-15-5-11(20)6-16-14-17-13-12(21-14)10(3)18-19(13)4/h5,8-9H,6-7H2,1-4H3,(H,16,17). The van der Waals surface area contributed by atoms with Crippen LogP contribution in [0.2, 0.25) is 0 Å². The van der Waals surface area contributed by atoms with E-state index in [4.69, 9.17) is 0 Å². The highest BCUT2D eigenvalue weighted by molar-refractivity contribution is 7.22. The summed E-state index contributed by atoms with van der Waals surface area (Å²) >= 11 is 1.65. The molecule has 0 radical (unpaired) electrons. The lowest BCUT2D eigenvalue weighted by Crippen LogP contribution is -2.10. The average Bonchev–Trinajstić information content (AvgIpc) is 3.06. The number of imidazole rings is 1. The molecule has 0 amide bonds. The molecule has 0 spiro atoms. The van der Waals surface area contributed by atoms with Gasteiger partial charge in [0.15, 0.2) is 10.8 Å². The van der Waals surface area contributed by atoms with Crippen molar-refractivity contribution >= 4 is 26.8 Å². The first kappa shape index (κ1) is 14.1. The van der Waals surface area contributed by atoms with Crippen molar-refractivity contribution in [2.24, 2.45) is 13.0 Å². The van der Waals surface area contributed by atoms with Gasteiger partial charge in [-0.3, -0.25) is 0 Å². The van der Waals surface area contributed by atoms with Crippen molar-refractivity contribution in [1.82, 2.24) is 24.3 Å². The van der Waals surface area contributed by atoms with Crippen LogP contribution in [-0.2, 0) is 20.1 Å². The van der Waals surface area contributed by atoms with Gasteiger partial charge in [-0.1, -0.05) is 25.2 Å². The summed E-state index contributed by atoms with van der Waals surface area (Å²) in [4.78, 5) is 8.84. The van der Waals surface area contributed by atoms with Crippen molar-refractivity contribution in [2.75, 3.05) is 5.32 Å². The maximum Gasteiger partial charge on any atom is 0.185 e. The van der Waals surface area contributed by atoms with Gasteiger partial charge in [0.05, 0.1) is 29.0 Å². The minimum atomic E-state index is 0.606. The molecule has 0 aliphatic carbocycles. The van der Waals surface area contributed by atoms with Crippen molar-refractivity contribution in [2.45, 2.75) is 33.9 Å². The van der Waals surface area contributed by atoms with E-state index in [2.05, 4.69) is 38.8 Å². The summed E-state index contributed by atoms with van der Waals surface area (Å²) in [6, 6.07) is 0. The van der Waals surface area contributed by atoms with Crippen LogP contribution in [-0.4, -0.2) is 24.3 Å². The van der Waals surface area contributed by atoms with Gasteiger partial charge in [-0.05, 0) is 12.8 Å². The fraction of sp³-hybridized carbons (Fsp3) is 0.500. The van der Waals surface area contributed by atoms with Crippen molar-refractivity contribution in [1.29, 1.82) is 0 Å². The van der Waals surface area contributed by atoms with Gasteiger partial charge in [0.2, 0.25) is 0 Å². The molecule has 3 heterocycles. The Labute approximate surface area is 127 Å². The van der Waals surface area contributed by atoms with Gasteiger partial charge in [0, 0.05) is 19.8 Å². The zero-order valence-electron chi connectivity index (χ0n) is 12.8. The topological polar surface area (TPSA) is 60.6 Å². The van der Waals surface area contributed by atoms with Crippen LogP contribution >= 0.6 is 11.3 Å². The number of thiazole rings is 1. The molecule has 1 N–H and O–H groups in total. The maximum atomic E-state index is 4.60. The van der Waals surface area contributed by atoms with E-state index in [9.17, 15) is 0 Å². The van der Waals surface area contributed by atoms with E-state index >= 15 is 0 Å². The monoisotopic (exact) mass is 304 g/mol. The zero-order chi connectivity index (χ0) is 15.0. The highest BCUT2D eigenvalue weighted by atomic mass is 32.1. The Morgan fingerprint density at radius 3 is 2.90 bits per heavy atom. The van der Waals surface area contributed by atoms with Crippen molar-refractivity contribution in [3.05, 3.63) is 23.9 Å². The van der Waals surface area contributed by atoms with Crippen LogP contribution in [0.4, 0.5) is 5.13 Å². The smallest absolute Gasteiger partial charge is 0.185 e. The van der Waals surface area contributed by atoms with E-state index < -0.39 is 0 Å². The predicted molar refractivity (Wildman–Crippen MR) is 85.5 cm³/mol. The van der Waals surface area contributed by atoms with Crippen LogP contribution in [0.3, 0.4) is 0 Å². The van der Waals surface area contributed by atoms with Gasteiger partial charge in [0.25, 0.3) is 0 Å². The normalized spacial score (nSPS) is 11.7. The molecule has 0 aliphatic rings. The average molecular weight is 304 g/mol. The minimum Gasteiger partial charge on any atom is -0.356 e. The quantitative estimate of drug-likeness (QED) is 0.787. The van der Waals surface area contributed by atoms with Gasteiger partial charge in [0.1, 0.15) is 0 Å². The fourth-order valence-electron chi connectivity index (χ4n) is 2.38. The highest BCUT2D eigenvalue weighted by Gasteiger charge is 2.12. The molecule has 6 nitrogen and oxygen atoms in total. The van der Waals surface area contributed by atoms with Crippen LogP contribution in [0.5, 0.6) is 0 Å². The van der Waals surface area contributed by atoms with Gasteiger partial charge < -0.3 is 9.88 Å². The van der Waals surface area contributed by atoms with Crippen LogP contribution in [0.25, 0.3) is 10.3 Å². The summed E-state index contributed by atoms with van der Waals surface area (Å²) in [5, 5.41) is 8.70. The summed E-state index contributed by atoms with van der Waals surface area (Å²) in [7, 11) is 1.93. The van der Waals surface area contributed by atoms with Gasteiger partial charge in [-0.2, -0.15) is 5.10 Å². The van der Waals surface area contributed by atoms with Gasteiger partial charge in [-0.15, -0.1) is 0 Å². The number of aryl methyl sites for hydroxylation is 2. The number of rotatable bonds is 5. The second-order valence-electron chi connectivity index (χ2n) is 5.67. The van der Waals surface area contributed by atoms with Crippen molar-refractivity contribution in [3.63, 3.8) is 0 Å². The number of nitrogens with zero attached hydrogens (tertiary/aromatic N) is 5. The minimum absolute atomic E-state index is 0.606. The molecule has 7 heteroatoms. The molecule has 0 saturated carbocycles. The molecule has 0 saturated heterocycles. The van der Waals surface area contributed by atoms with Crippen LogP contribution in [0.1, 0.15) is 25.2 Å². The molecule has 21 heavy (non-hydrogen) atoms. The Morgan fingerprint density at radius 1 is 1.38 bits per heavy atom. The van der Waals surface area contributed by atoms with Crippen molar-refractivity contribution < 1.29 is 0 Å². The fourth-order valence-corrected chi connectivity index (χ4v) is 3.31. The number of fused-ring (bicyclic) bond motifs is 1. The molecule has 0 unspecified atom stereocenters. The van der Waals surface area contributed by atoms with Crippen LogP contribution in [0, 0.1) is 12.8 Å². The lowest BCUT2D eigenvalue weighted by atomic mass is 10.2. The second kappa shape index (κ2) is 5.48. The lowest BCUT2D eigenvalue weighted by molar-refractivity contribution is 0.511. The third-order valence-electron chi connectivity index (χ3n) is 3.33. The number of nitrogens with one attached hydrogen (secondary N) is 1. The number of hydrogen-bond donors (Lipinski definition) is 1. The molecule has 0 atom stereocenters. The zero-order valence-corrected chi connectivity index (χ0v) is 13.6. The van der Waals surface area contributed by atoms with E-state index in [1.54, 1.807) is 11.3 Å². The van der Waals surface area contributed by atoms with E-state index in [1.807, 2.05) is 31.2 Å². The summed E-state index contributed by atoms with van der Waals surface area (Å²) in [6.07, 6.45) is 3.80. The molecule has 112 valence electrons. The molecule has 0 aromatic carbocycles. The highest BCUT2D eigenvalue weighted by Crippen LogP contribution is 2.28. The first-order chi connectivity index (χ1) is 10.0. The summed E-state index contributed by atoms with van der Waals surface area (Å²) in [5.41, 5.74) is 3.15. The predicted octanol–water partition coefficient (Wildman–Crippen LogP) is 2.80. The second-order valence-corrected chi connectivity index (χ2v) is 6.66. The maximum absolute atomic E-state index is 4.60. The summed E-state index contributed by atoms with van der Waals surface area (Å²) < 4.78 is 5.17. The molecule has 0 fully saturated rings. The molecule has 3 aromatic heterocycles. The number of hydrogen-bond acceptors (Lipinski definition) is 5. The molecule has 3 aromatic rings. The van der Waals surface area contributed by atoms with Gasteiger partial charge in [-0.25, -0.2) is 14.6 Å². The summed E-state index contributed by atoms with van der Waals surface area (Å²) in [6.45, 7) is 8.15. The number of aromatic nitrogens is 5. The van der Waals surface area contributed by atoms with E-state index in [0.29, 0.717) is 5.92 Å². The Bertz CT molecular complexity index is 716. The van der Waals surface area contributed by atoms with Gasteiger partial charge >= 0.3 is 0 Å². The molecule has 3 rings (SSSR count). The van der Waals surface area contributed by atoms with E-state index in [0.717, 1.165) is 34.3 Å². The summed E-state index contributed by atoms with van der Waals surface area (Å²) in [5.74, 6) is 0.606. The third-order valence-corrected chi connectivity index (χ3v) is 4.44. The number of anilines is 1. The molecular formula is C14H20N6S. The molecular weight excluding hydrogens is 284 g/mol. The SMILES string of the molecule is Cc1nn(C)c2nc(NCc3cncn3CC(C)C)sc12. The van der Waals surface area contributed by atoms with Crippen LogP contribution in [0.15, 0.2) is 12.5 Å². The third kappa shape index (κ3) is 2.78. The molecule has 0 aliphatic heterocycles. The Kier molecular flexibility index (Phi) is 3.67. The Hall–Kier alpha value is -1.89. The first-order valence-corrected chi connectivity index (χ1v) is 7.89. The van der Waals surface area contributed by atoms with Crippen molar-refractivity contribution in [3.8, 4) is 0 Å². The first-order valence-electron chi connectivity index (χ1n) is 7.07. The van der Waals surface area contributed by atoms with E-state index in [1.165, 1.54) is 5.69 Å². The largest absolute Gasteiger partial charge is 0.356 e. The van der Waals surface area contributed by atoms with E-state index in [-0.39, 0.29) is 0 Å². The Morgan fingerprint density at radius 2 is 2.19 bits per heavy atom. The Balaban J connectivity index is 1.74.